The van der Waals surface area contributed by atoms with Gasteiger partial charge in [-0.15, -0.1) is 0 Å². The van der Waals surface area contributed by atoms with Gasteiger partial charge in [0.15, 0.2) is 11.6 Å². The molecule has 0 bridgehead atoms. The zero-order valence-electron chi connectivity index (χ0n) is 22.4. The molecule has 4 N–H and O–H groups in total. The lowest BCUT2D eigenvalue weighted by molar-refractivity contribution is 0.0600. The van der Waals surface area contributed by atoms with Crippen LogP contribution in [0.5, 0.6) is 0 Å². The molecule has 5 aromatic rings. The van der Waals surface area contributed by atoms with Gasteiger partial charge in [-0.05, 0) is 29.3 Å². The Morgan fingerprint density at radius 1 is 0.976 bits per heavy atom. The molecule has 2 aromatic carbocycles. The quantitative estimate of drug-likeness (QED) is 0.273. The molecular weight excluding hydrogens is 550 g/mol. The minimum Gasteiger partial charge on any atom is -0.465 e. The predicted octanol–water partition coefficient (Wildman–Crippen LogP) is 3.80. The molecule has 3 heterocycles. The fourth-order valence-corrected chi connectivity index (χ4v) is 4.42. The first kappa shape index (κ1) is 27.9. The van der Waals surface area contributed by atoms with E-state index in [1.165, 1.54) is 37.1 Å². The second-order valence-corrected chi connectivity index (χ2v) is 9.04. The van der Waals surface area contributed by atoms with E-state index in [1.54, 1.807) is 36.4 Å². The van der Waals surface area contributed by atoms with E-state index in [-0.39, 0.29) is 47.3 Å². The fraction of sp³-hybridized carbons (Fsp3) is 0.143. The largest absolute Gasteiger partial charge is 0.465 e. The van der Waals surface area contributed by atoms with Crippen LogP contribution in [0.3, 0.4) is 0 Å². The number of aromatic nitrogens is 5. The average molecular weight is 575 g/mol. The van der Waals surface area contributed by atoms with Gasteiger partial charge in [-0.2, -0.15) is 19.7 Å². The van der Waals surface area contributed by atoms with Crippen LogP contribution in [-0.4, -0.2) is 51.0 Å². The van der Waals surface area contributed by atoms with E-state index in [1.807, 2.05) is 0 Å². The lowest BCUT2D eigenvalue weighted by atomic mass is 10.1. The SMILES string of the molecule is COC(=O)c1cccc(CN(C(=O)OC)c2c(N)nc(-n3nc(Cc4ccccc4F)c4ncc(F)cc43)nc2N)c1. The highest BCUT2D eigenvalue weighted by Crippen LogP contribution is 2.32. The fourth-order valence-electron chi connectivity index (χ4n) is 4.42. The smallest absolute Gasteiger partial charge is 0.414 e. The van der Waals surface area contributed by atoms with E-state index in [9.17, 15) is 18.4 Å². The Balaban J connectivity index is 1.57. The summed E-state index contributed by atoms with van der Waals surface area (Å²) in [5, 5.41) is 4.48. The normalized spacial score (nSPS) is 11.0. The predicted molar refractivity (Wildman–Crippen MR) is 149 cm³/mol. The number of anilines is 3. The van der Waals surface area contributed by atoms with E-state index in [4.69, 9.17) is 20.9 Å². The number of nitrogens with zero attached hydrogens (tertiary/aromatic N) is 6. The number of fused-ring (bicyclic) bond motifs is 1. The van der Waals surface area contributed by atoms with Crippen LogP contribution in [0.1, 0.15) is 27.2 Å². The molecule has 0 fully saturated rings. The molecule has 1 amide bonds. The first-order chi connectivity index (χ1) is 20.2. The Labute approximate surface area is 237 Å². The molecule has 0 saturated carbocycles. The minimum atomic E-state index is -0.823. The Hall–Kier alpha value is -5.66. The van der Waals surface area contributed by atoms with Crippen molar-refractivity contribution in [2.24, 2.45) is 0 Å². The highest BCUT2D eigenvalue weighted by molar-refractivity contribution is 5.95. The molecular formula is C28H24F2N8O4. The average Bonchev–Trinajstić information content (AvgIpc) is 3.33. The molecule has 5 rings (SSSR count). The van der Waals surface area contributed by atoms with Crippen molar-refractivity contribution in [1.29, 1.82) is 0 Å². The number of nitrogen functional groups attached to an aromatic ring is 2. The van der Waals surface area contributed by atoms with Crippen molar-refractivity contribution in [3.05, 3.63) is 94.8 Å². The number of methoxy groups -OCH3 is 2. The number of hydrogen-bond acceptors (Lipinski definition) is 10. The van der Waals surface area contributed by atoms with Crippen molar-refractivity contribution in [2.75, 3.05) is 30.6 Å². The van der Waals surface area contributed by atoms with Gasteiger partial charge in [-0.25, -0.2) is 23.4 Å². The molecule has 214 valence electrons. The summed E-state index contributed by atoms with van der Waals surface area (Å²) in [5.41, 5.74) is 14.5. The summed E-state index contributed by atoms with van der Waals surface area (Å²) in [6.07, 6.45) is 0.254. The standard InChI is InChI=1S/C28H24F2N8O4/c1-41-26(39)17-8-5-6-15(10-17)14-37(28(40)42-2)23-24(31)34-27(35-25(23)32)38-21-12-18(29)13-33-22(21)20(36-38)11-16-7-3-4-9-19(16)30/h3-10,12-13H,11,14H2,1-2H3,(H4,31,32,34,35). The van der Waals surface area contributed by atoms with Crippen LogP contribution in [0.4, 0.5) is 30.9 Å². The van der Waals surface area contributed by atoms with Crippen LogP contribution < -0.4 is 16.4 Å². The number of amides is 1. The van der Waals surface area contributed by atoms with Gasteiger partial charge >= 0.3 is 12.1 Å². The Morgan fingerprint density at radius 3 is 2.40 bits per heavy atom. The first-order valence-corrected chi connectivity index (χ1v) is 12.4. The van der Waals surface area contributed by atoms with Crippen LogP contribution in [0.2, 0.25) is 0 Å². The lowest BCUT2D eigenvalue weighted by Gasteiger charge is -2.23. The van der Waals surface area contributed by atoms with Crippen molar-refractivity contribution in [3.8, 4) is 5.95 Å². The van der Waals surface area contributed by atoms with Crippen molar-refractivity contribution in [1.82, 2.24) is 24.7 Å². The highest BCUT2D eigenvalue weighted by Gasteiger charge is 2.26. The van der Waals surface area contributed by atoms with Crippen LogP contribution in [-0.2, 0) is 22.4 Å². The van der Waals surface area contributed by atoms with Gasteiger partial charge in [0.2, 0.25) is 0 Å². The van der Waals surface area contributed by atoms with E-state index in [0.717, 1.165) is 11.1 Å². The van der Waals surface area contributed by atoms with Gasteiger partial charge in [0.1, 0.15) is 22.8 Å². The van der Waals surface area contributed by atoms with Crippen molar-refractivity contribution in [3.63, 3.8) is 0 Å². The van der Waals surface area contributed by atoms with Crippen LogP contribution >= 0.6 is 0 Å². The summed E-state index contributed by atoms with van der Waals surface area (Å²) in [5.74, 6) is -2.20. The summed E-state index contributed by atoms with van der Waals surface area (Å²) in [6.45, 7) is -0.110. The van der Waals surface area contributed by atoms with E-state index in [0.29, 0.717) is 22.3 Å². The topological polar surface area (TPSA) is 164 Å². The number of pyridine rings is 1. The number of ether oxygens (including phenoxy) is 2. The molecule has 0 atom stereocenters. The van der Waals surface area contributed by atoms with E-state index in [2.05, 4.69) is 20.1 Å². The van der Waals surface area contributed by atoms with Crippen LogP contribution in [0.25, 0.3) is 17.0 Å². The number of esters is 1. The van der Waals surface area contributed by atoms with Gasteiger partial charge in [-0.3, -0.25) is 4.90 Å². The molecule has 0 radical (unpaired) electrons. The third kappa shape index (κ3) is 5.37. The summed E-state index contributed by atoms with van der Waals surface area (Å²) in [4.78, 5) is 38.7. The van der Waals surface area contributed by atoms with Crippen molar-refractivity contribution < 1.29 is 27.8 Å². The van der Waals surface area contributed by atoms with Crippen molar-refractivity contribution >= 4 is 40.4 Å². The number of rotatable bonds is 7. The van der Waals surface area contributed by atoms with Gasteiger partial charge < -0.3 is 20.9 Å². The maximum Gasteiger partial charge on any atom is 0.414 e. The molecule has 0 aliphatic heterocycles. The summed E-state index contributed by atoms with van der Waals surface area (Å²) in [6, 6.07) is 13.8. The molecule has 0 saturated heterocycles. The van der Waals surface area contributed by atoms with Gasteiger partial charge in [0, 0.05) is 12.5 Å². The summed E-state index contributed by atoms with van der Waals surface area (Å²) in [7, 11) is 2.43. The second kappa shape index (κ2) is 11.4. The Bertz CT molecular complexity index is 1800. The number of nitrogens with two attached hydrogens (primary N) is 2. The molecule has 42 heavy (non-hydrogen) atoms. The van der Waals surface area contributed by atoms with Gasteiger partial charge in [0.05, 0.1) is 43.7 Å². The van der Waals surface area contributed by atoms with Gasteiger partial charge in [0.25, 0.3) is 5.95 Å². The van der Waals surface area contributed by atoms with E-state index >= 15 is 0 Å². The minimum absolute atomic E-state index is 0.0542. The number of hydrogen-bond donors (Lipinski definition) is 2. The maximum absolute atomic E-state index is 14.4. The first-order valence-electron chi connectivity index (χ1n) is 12.4. The van der Waals surface area contributed by atoms with E-state index < -0.39 is 23.7 Å². The summed E-state index contributed by atoms with van der Waals surface area (Å²) >= 11 is 0. The molecule has 0 aliphatic carbocycles. The number of halogens is 2. The number of carbonyl (C=O) groups is 2. The zero-order chi connectivity index (χ0) is 30.0. The van der Waals surface area contributed by atoms with Gasteiger partial charge in [-0.1, -0.05) is 30.3 Å². The van der Waals surface area contributed by atoms with Crippen molar-refractivity contribution in [2.45, 2.75) is 13.0 Å². The van der Waals surface area contributed by atoms with Crippen LogP contribution in [0.15, 0.2) is 60.8 Å². The molecule has 3 aromatic heterocycles. The third-order valence-corrected chi connectivity index (χ3v) is 6.34. The number of benzene rings is 2. The second-order valence-electron chi connectivity index (χ2n) is 9.04. The Kier molecular flexibility index (Phi) is 7.60. The zero-order valence-corrected chi connectivity index (χ0v) is 22.4. The molecule has 14 heteroatoms. The maximum atomic E-state index is 14.4. The molecule has 0 unspecified atom stereocenters. The molecule has 0 aliphatic rings. The lowest BCUT2D eigenvalue weighted by Crippen LogP contribution is -2.32. The number of carbonyl (C=O) groups excluding carboxylic acids is 2. The highest BCUT2D eigenvalue weighted by atomic mass is 19.1. The Morgan fingerprint density at radius 2 is 1.71 bits per heavy atom. The van der Waals surface area contributed by atoms with Crippen LogP contribution in [0, 0.1) is 11.6 Å². The molecule has 12 nitrogen and oxygen atoms in total. The monoisotopic (exact) mass is 574 g/mol. The third-order valence-electron chi connectivity index (χ3n) is 6.34. The summed E-state index contributed by atoms with van der Waals surface area (Å²) < 4.78 is 39.5. The molecule has 0 spiro atoms.